The summed E-state index contributed by atoms with van der Waals surface area (Å²) in [5.74, 6) is 2.69. The number of nitrogens with one attached hydrogen (secondary N) is 1. The third kappa shape index (κ3) is 1.41. The van der Waals surface area contributed by atoms with Crippen LogP contribution in [0.25, 0.3) is 11.6 Å². The van der Waals surface area contributed by atoms with Crippen LogP contribution >= 0.6 is 0 Å². The lowest BCUT2D eigenvalue weighted by atomic mass is 10.2. The van der Waals surface area contributed by atoms with Crippen molar-refractivity contribution < 1.29 is 0 Å². The van der Waals surface area contributed by atoms with Gasteiger partial charge < -0.3 is 4.57 Å². The van der Waals surface area contributed by atoms with E-state index in [2.05, 4.69) is 34.0 Å². The second kappa shape index (κ2) is 3.25. The minimum absolute atomic E-state index is 0.358. The van der Waals surface area contributed by atoms with Crippen LogP contribution in [-0.4, -0.2) is 24.7 Å². The molecule has 0 radical (unpaired) electrons. The zero-order valence-electron chi connectivity index (χ0n) is 8.52. The molecule has 2 aromatic rings. The predicted octanol–water partition coefficient (Wildman–Crippen LogP) is 1.33. The molecule has 0 amide bonds. The second-order valence-corrected chi connectivity index (χ2v) is 3.56. The molecule has 74 valence electrons. The summed E-state index contributed by atoms with van der Waals surface area (Å²) in [6.45, 7) is 4.14. The lowest BCUT2D eigenvalue weighted by molar-refractivity contribution is 0.781. The Bertz CT molecular complexity index is 426. The standard InChI is InChI=1S/C9H13N5/c1-6(2)7-11-8(13-12-7)9-10-4-5-14(9)3/h4-6H,1-3H3,(H,11,12,13). The molecule has 0 aliphatic rings. The zero-order valence-corrected chi connectivity index (χ0v) is 8.52. The van der Waals surface area contributed by atoms with Gasteiger partial charge in [-0.1, -0.05) is 13.8 Å². The molecule has 2 rings (SSSR count). The molecular weight excluding hydrogens is 178 g/mol. The van der Waals surface area contributed by atoms with Crippen molar-refractivity contribution in [1.29, 1.82) is 0 Å². The van der Waals surface area contributed by atoms with E-state index in [-0.39, 0.29) is 0 Å². The Hall–Kier alpha value is -1.65. The summed E-state index contributed by atoms with van der Waals surface area (Å²) < 4.78 is 1.90. The molecule has 0 saturated carbocycles. The van der Waals surface area contributed by atoms with E-state index in [0.717, 1.165) is 11.6 Å². The van der Waals surface area contributed by atoms with E-state index < -0.39 is 0 Å². The molecule has 2 heterocycles. The highest BCUT2D eigenvalue weighted by atomic mass is 15.2. The van der Waals surface area contributed by atoms with Gasteiger partial charge in [-0.15, -0.1) is 0 Å². The smallest absolute Gasteiger partial charge is 0.217 e. The number of aryl methyl sites for hydroxylation is 1. The van der Waals surface area contributed by atoms with E-state index in [1.165, 1.54) is 0 Å². The van der Waals surface area contributed by atoms with Gasteiger partial charge in [0.05, 0.1) is 0 Å². The van der Waals surface area contributed by atoms with Crippen LogP contribution in [0.15, 0.2) is 12.4 Å². The fourth-order valence-corrected chi connectivity index (χ4v) is 1.21. The van der Waals surface area contributed by atoms with Crippen LogP contribution in [0.5, 0.6) is 0 Å². The van der Waals surface area contributed by atoms with Gasteiger partial charge in [-0.25, -0.2) is 9.97 Å². The molecule has 0 unspecified atom stereocenters. The average Bonchev–Trinajstić information content (AvgIpc) is 2.71. The van der Waals surface area contributed by atoms with Gasteiger partial charge in [0.15, 0.2) is 5.82 Å². The Morgan fingerprint density at radius 1 is 1.43 bits per heavy atom. The van der Waals surface area contributed by atoms with Crippen LogP contribution < -0.4 is 0 Å². The summed E-state index contributed by atoms with van der Waals surface area (Å²) in [6, 6.07) is 0. The second-order valence-electron chi connectivity index (χ2n) is 3.56. The van der Waals surface area contributed by atoms with Gasteiger partial charge in [-0.2, -0.15) is 5.10 Å². The fraction of sp³-hybridized carbons (Fsp3) is 0.444. The van der Waals surface area contributed by atoms with Crippen molar-refractivity contribution in [2.45, 2.75) is 19.8 Å². The Morgan fingerprint density at radius 2 is 2.21 bits per heavy atom. The average molecular weight is 191 g/mol. The van der Waals surface area contributed by atoms with Crippen LogP contribution in [0.1, 0.15) is 25.6 Å². The van der Waals surface area contributed by atoms with Gasteiger partial charge in [-0.3, -0.25) is 5.10 Å². The normalized spacial score (nSPS) is 11.1. The van der Waals surface area contributed by atoms with Crippen LogP contribution in [0.4, 0.5) is 0 Å². The number of hydrogen-bond acceptors (Lipinski definition) is 3. The number of aromatic nitrogens is 5. The molecule has 0 aromatic carbocycles. The van der Waals surface area contributed by atoms with E-state index in [1.54, 1.807) is 6.20 Å². The van der Waals surface area contributed by atoms with Crippen LogP contribution in [0, 0.1) is 0 Å². The Morgan fingerprint density at radius 3 is 2.71 bits per heavy atom. The van der Waals surface area contributed by atoms with Gasteiger partial charge in [0.1, 0.15) is 5.82 Å². The third-order valence-corrected chi connectivity index (χ3v) is 2.07. The van der Waals surface area contributed by atoms with Crippen molar-refractivity contribution in [3.63, 3.8) is 0 Å². The molecule has 14 heavy (non-hydrogen) atoms. The van der Waals surface area contributed by atoms with Crippen molar-refractivity contribution in [2.24, 2.45) is 7.05 Å². The van der Waals surface area contributed by atoms with Crippen molar-refractivity contribution in [2.75, 3.05) is 0 Å². The van der Waals surface area contributed by atoms with Crippen LogP contribution in [0.3, 0.4) is 0 Å². The highest BCUT2D eigenvalue weighted by Crippen LogP contribution is 2.14. The van der Waals surface area contributed by atoms with Gasteiger partial charge in [0, 0.05) is 25.4 Å². The lowest BCUT2D eigenvalue weighted by Crippen LogP contribution is -1.93. The lowest BCUT2D eigenvalue weighted by Gasteiger charge is -1.96. The topological polar surface area (TPSA) is 59.4 Å². The predicted molar refractivity (Wildman–Crippen MR) is 52.7 cm³/mol. The summed E-state index contributed by atoms with van der Waals surface area (Å²) >= 11 is 0. The SMILES string of the molecule is CC(C)c1nc(-c2nccn2C)n[nH]1. The monoisotopic (exact) mass is 191 g/mol. The van der Waals surface area contributed by atoms with Gasteiger partial charge in [0.2, 0.25) is 5.82 Å². The first kappa shape index (κ1) is 8.93. The molecule has 1 N–H and O–H groups in total. The van der Waals surface area contributed by atoms with Crippen LogP contribution in [-0.2, 0) is 7.05 Å². The number of rotatable bonds is 2. The number of hydrogen-bond donors (Lipinski definition) is 1. The van der Waals surface area contributed by atoms with E-state index in [1.807, 2.05) is 17.8 Å². The third-order valence-electron chi connectivity index (χ3n) is 2.07. The summed E-state index contributed by atoms with van der Waals surface area (Å²) in [6.07, 6.45) is 3.61. The highest BCUT2D eigenvalue weighted by molar-refractivity contribution is 5.42. The fourth-order valence-electron chi connectivity index (χ4n) is 1.21. The maximum Gasteiger partial charge on any atom is 0.217 e. The molecule has 2 aromatic heterocycles. The molecule has 0 fully saturated rings. The highest BCUT2D eigenvalue weighted by Gasteiger charge is 2.11. The number of nitrogens with zero attached hydrogens (tertiary/aromatic N) is 4. The van der Waals surface area contributed by atoms with Gasteiger partial charge in [-0.05, 0) is 0 Å². The molecule has 0 aliphatic heterocycles. The molecule has 0 spiro atoms. The maximum atomic E-state index is 4.36. The first-order chi connectivity index (χ1) is 6.68. The van der Waals surface area contributed by atoms with Crippen LogP contribution in [0.2, 0.25) is 0 Å². The van der Waals surface area contributed by atoms with Crippen molar-refractivity contribution in [3.05, 3.63) is 18.2 Å². The Kier molecular flexibility index (Phi) is 2.07. The van der Waals surface area contributed by atoms with Crippen molar-refractivity contribution in [1.82, 2.24) is 24.7 Å². The number of H-pyrrole nitrogens is 1. The molecule has 0 aliphatic carbocycles. The molecule has 0 bridgehead atoms. The molecular formula is C9H13N5. The summed E-state index contributed by atoms with van der Waals surface area (Å²) in [7, 11) is 1.92. The molecule has 0 atom stereocenters. The summed E-state index contributed by atoms with van der Waals surface area (Å²) in [4.78, 5) is 8.54. The largest absolute Gasteiger partial charge is 0.331 e. The molecule has 5 heteroatoms. The Balaban J connectivity index is 2.39. The minimum atomic E-state index is 0.358. The maximum absolute atomic E-state index is 4.36. The van der Waals surface area contributed by atoms with Gasteiger partial charge in [0.25, 0.3) is 0 Å². The Labute approximate surface area is 82.2 Å². The van der Waals surface area contributed by atoms with Crippen molar-refractivity contribution >= 4 is 0 Å². The summed E-state index contributed by atoms with van der Waals surface area (Å²) in [5, 5.41) is 7.03. The molecule has 5 nitrogen and oxygen atoms in total. The quantitative estimate of drug-likeness (QED) is 0.779. The van der Waals surface area contributed by atoms with E-state index in [9.17, 15) is 0 Å². The van der Waals surface area contributed by atoms with E-state index in [0.29, 0.717) is 11.7 Å². The van der Waals surface area contributed by atoms with E-state index in [4.69, 9.17) is 0 Å². The van der Waals surface area contributed by atoms with Crippen molar-refractivity contribution in [3.8, 4) is 11.6 Å². The number of imidazole rings is 1. The zero-order chi connectivity index (χ0) is 10.1. The summed E-state index contributed by atoms with van der Waals surface area (Å²) in [5.41, 5.74) is 0. The van der Waals surface area contributed by atoms with Gasteiger partial charge >= 0.3 is 0 Å². The first-order valence-electron chi connectivity index (χ1n) is 4.58. The number of aromatic amines is 1. The minimum Gasteiger partial charge on any atom is -0.331 e. The molecule has 0 saturated heterocycles. The first-order valence-corrected chi connectivity index (χ1v) is 4.58. The van der Waals surface area contributed by atoms with E-state index >= 15 is 0 Å².